The first kappa shape index (κ1) is 15.3. The molecule has 0 atom stereocenters. The van der Waals surface area contributed by atoms with Crippen LogP contribution in [0.4, 0.5) is 5.13 Å². The fraction of sp³-hybridized carbons (Fsp3) is 0.333. The molecule has 2 rings (SSSR count). The van der Waals surface area contributed by atoms with Gasteiger partial charge in [0.25, 0.3) is 0 Å². The molecule has 0 radical (unpaired) electrons. The number of amides is 1. The minimum Gasteiger partial charge on any atom is -0.504 e. The molecule has 0 aliphatic rings. The number of hydrogen-bond donors (Lipinski definition) is 2. The minimum atomic E-state index is -0.146. The molecule has 0 aliphatic heterocycles. The zero-order valence-corrected chi connectivity index (χ0v) is 13.0. The van der Waals surface area contributed by atoms with Gasteiger partial charge < -0.3 is 15.2 Å². The number of phenolic OH excluding ortho intramolecular Hbond substituents is 1. The van der Waals surface area contributed by atoms with Crippen LogP contribution >= 0.6 is 11.3 Å². The molecule has 1 aromatic carbocycles. The minimum absolute atomic E-state index is 0.0585. The van der Waals surface area contributed by atoms with E-state index >= 15 is 0 Å². The second-order valence-electron chi connectivity index (χ2n) is 4.95. The summed E-state index contributed by atoms with van der Waals surface area (Å²) in [5, 5.41) is 12.9. The van der Waals surface area contributed by atoms with Gasteiger partial charge in [-0.3, -0.25) is 4.79 Å². The Labute approximate surface area is 127 Å². The van der Waals surface area contributed by atoms with Crippen LogP contribution in [0.1, 0.15) is 30.2 Å². The first-order valence-corrected chi connectivity index (χ1v) is 7.42. The van der Waals surface area contributed by atoms with Crippen molar-refractivity contribution in [3.8, 4) is 11.5 Å². The predicted molar refractivity (Wildman–Crippen MR) is 83.2 cm³/mol. The number of anilines is 1. The van der Waals surface area contributed by atoms with E-state index in [1.807, 2.05) is 0 Å². The van der Waals surface area contributed by atoms with Crippen LogP contribution in [-0.4, -0.2) is 23.1 Å². The molecule has 0 fully saturated rings. The smallest absolute Gasteiger partial charge is 0.230 e. The molecule has 0 saturated heterocycles. The van der Waals surface area contributed by atoms with Crippen LogP contribution in [0, 0.1) is 0 Å². The van der Waals surface area contributed by atoms with E-state index in [9.17, 15) is 9.90 Å². The first-order chi connectivity index (χ1) is 9.99. The molecule has 1 amide bonds. The highest BCUT2D eigenvalue weighted by atomic mass is 32.1. The second-order valence-corrected chi connectivity index (χ2v) is 6.02. The summed E-state index contributed by atoms with van der Waals surface area (Å²) in [6.45, 7) is 4.17. The van der Waals surface area contributed by atoms with Gasteiger partial charge in [-0.05, 0) is 23.6 Å². The van der Waals surface area contributed by atoms with Gasteiger partial charge in [-0.1, -0.05) is 19.9 Å². The first-order valence-electron chi connectivity index (χ1n) is 6.61. The van der Waals surface area contributed by atoms with E-state index in [2.05, 4.69) is 24.1 Å². The number of nitrogens with zero attached hydrogens (tertiary/aromatic N) is 1. The standard InChI is InChI=1S/C15H18N2O3S/c1-9(2)13-8-16-15(21-13)17-14(19)7-10-4-5-11(18)12(6-10)20-3/h4-6,8-9,18H,7H2,1-3H3,(H,16,17,19). The molecule has 0 saturated carbocycles. The van der Waals surface area contributed by atoms with Gasteiger partial charge in [-0.2, -0.15) is 0 Å². The molecule has 21 heavy (non-hydrogen) atoms. The van der Waals surface area contributed by atoms with Gasteiger partial charge in [0, 0.05) is 11.1 Å². The third-order valence-electron chi connectivity index (χ3n) is 2.95. The number of thiazole rings is 1. The zero-order chi connectivity index (χ0) is 15.4. The van der Waals surface area contributed by atoms with Crippen LogP contribution in [0.2, 0.25) is 0 Å². The third-order valence-corrected chi connectivity index (χ3v) is 4.16. The van der Waals surface area contributed by atoms with Crippen molar-refractivity contribution in [2.75, 3.05) is 12.4 Å². The van der Waals surface area contributed by atoms with Crippen molar-refractivity contribution < 1.29 is 14.6 Å². The SMILES string of the molecule is COc1cc(CC(=O)Nc2ncc(C(C)C)s2)ccc1O. The largest absolute Gasteiger partial charge is 0.504 e. The van der Waals surface area contributed by atoms with Crippen molar-refractivity contribution in [1.29, 1.82) is 0 Å². The lowest BCUT2D eigenvalue weighted by molar-refractivity contribution is -0.115. The Morgan fingerprint density at radius 2 is 2.24 bits per heavy atom. The summed E-state index contributed by atoms with van der Waals surface area (Å²) in [7, 11) is 1.47. The maximum atomic E-state index is 12.0. The average molecular weight is 306 g/mol. The molecule has 0 aliphatic carbocycles. The summed E-state index contributed by atoms with van der Waals surface area (Å²) in [6.07, 6.45) is 1.99. The van der Waals surface area contributed by atoms with Gasteiger partial charge in [0.15, 0.2) is 16.6 Å². The number of methoxy groups -OCH3 is 1. The molecule has 112 valence electrons. The van der Waals surface area contributed by atoms with Crippen LogP contribution < -0.4 is 10.1 Å². The molecule has 0 unspecified atom stereocenters. The highest BCUT2D eigenvalue weighted by Crippen LogP contribution is 2.27. The summed E-state index contributed by atoms with van der Waals surface area (Å²) < 4.78 is 5.02. The van der Waals surface area contributed by atoms with E-state index in [0.29, 0.717) is 16.8 Å². The maximum Gasteiger partial charge on any atom is 0.230 e. The van der Waals surface area contributed by atoms with Crippen LogP contribution in [0.5, 0.6) is 11.5 Å². The molecule has 2 aromatic rings. The Bertz CT molecular complexity index is 638. The monoisotopic (exact) mass is 306 g/mol. The second kappa shape index (κ2) is 6.58. The number of hydrogen-bond acceptors (Lipinski definition) is 5. The predicted octanol–water partition coefficient (Wildman–Crippen LogP) is 3.16. The lowest BCUT2D eigenvalue weighted by Crippen LogP contribution is -2.14. The van der Waals surface area contributed by atoms with Gasteiger partial charge in [0.05, 0.1) is 13.5 Å². The van der Waals surface area contributed by atoms with Crippen molar-refractivity contribution in [2.45, 2.75) is 26.2 Å². The average Bonchev–Trinajstić information content (AvgIpc) is 2.89. The van der Waals surface area contributed by atoms with Crippen LogP contribution in [0.3, 0.4) is 0 Å². The van der Waals surface area contributed by atoms with E-state index in [1.54, 1.807) is 18.3 Å². The molecular formula is C15H18N2O3S. The van der Waals surface area contributed by atoms with Crippen LogP contribution in [0.15, 0.2) is 24.4 Å². The number of carbonyl (C=O) groups excluding carboxylic acids is 1. The molecular weight excluding hydrogens is 288 g/mol. The highest BCUT2D eigenvalue weighted by molar-refractivity contribution is 7.15. The number of carbonyl (C=O) groups is 1. The van der Waals surface area contributed by atoms with E-state index in [4.69, 9.17) is 4.74 Å². The lowest BCUT2D eigenvalue weighted by Gasteiger charge is -2.06. The number of phenols is 1. The normalized spacial score (nSPS) is 10.7. The Kier molecular flexibility index (Phi) is 4.80. The Morgan fingerprint density at radius 3 is 2.86 bits per heavy atom. The van der Waals surface area contributed by atoms with Crippen LogP contribution in [-0.2, 0) is 11.2 Å². The third kappa shape index (κ3) is 3.95. The highest BCUT2D eigenvalue weighted by Gasteiger charge is 2.11. The van der Waals surface area contributed by atoms with E-state index in [0.717, 1.165) is 10.4 Å². The van der Waals surface area contributed by atoms with Gasteiger partial charge in [0.2, 0.25) is 5.91 Å². The molecule has 5 nitrogen and oxygen atoms in total. The van der Waals surface area contributed by atoms with E-state index in [-0.39, 0.29) is 18.1 Å². The number of rotatable bonds is 5. The summed E-state index contributed by atoms with van der Waals surface area (Å²) >= 11 is 1.48. The van der Waals surface area contributed by atoms with Crippen molar-refractivity contribution in [2.24, 2.45) is 0 Å². The molecule has 2 N–H and O–H groups in total. The summed E-state index contributed by atoms with van der Waals surface area (Å²) in [5.74, 6) is 0.668. The quantitative estimate of drug-likeness (QED) is 0.890. The Balaban J connectivity index is 2.01. The fourth-order valence-electron chi connectivity index (χ4n) is 1.79. The summed E-state index contributed by atoms with van der Waals surface area (Å²) in [6, 6.07) is 4.86. The molecule has 0 bridgehead atoms. The number of aromatic nitrogens is 1. The van der Waals surface area contributed by atoms with Gasteiger partial charge >= 0.3 is 0 Å². The molecule has 6 heteroatoms. The Morgan fingerprint density at radius 1 is 1.48 bits per heavy atom. The van der Waals surface area contributed by atoms with Gasteiger partial charge in [-0.15, -0.1) is 11.3 Å². The lowest BCUT2D eigenvalue weighted by atomic mass is 10.1. The topological polar surface area (TPSA) is 71.5 Å². The van der Waals surface area contributed by atoms with Crippen molar-refractivity contribution in [1.82, 2.24) is 4.98 Å². The van der Waals surface area contributed by atoms with E-state index < -0.39 is 0 Å². The number of nitrogens with one attached hydrogen (secondary N) is 1. The zero-order valence-electron chi connectivity index (χ0n) is 12.2. The summed E-state index contributed by atoms with van der Waals surface area (Å²) in [5.41, 5.74) is 0.766. The molecule has 0 spiro atoms. The van der Waals surface area contributed by atoms with Crippen LogP contribution in [0.25, 0.3) is 0 Å². The Hall–Kier alpha value is -2.08. The molecule has 1 heterocycles. The molecule has 1 aromatic heterocycles. The summed E-state index contributed by atoms with van der Waals surface area (Å²) in [4.78, 5) is 17.3. The van der Waals surface area contributed by atoms with Gasteiger partial charge in [0.1, 0.15) is 0 Å². The van der Waals surface area contributed by atoms with Crippen molar-refractivity contribution >= 4 is 22.4 Å². The van der Waals surface area contributed by atoms with Crippen molar-refractivity contribution in [3.05, 3.63) is 34.8 Å². The van der Waals surface area contributed by atoms with E-state index in [1.165, 1.54) is 24.5 Å². The van der Waals surface area contributed by atoms with Gasteiger partial charge in [-0.25, -0.2) is 4.98 Å². The maximum absolute atomic E-state index is 12.0. The fourth-order valence-corrected chi connectivity index (χ4v) is 2.63. The number of aromatic hydroxyl groups is 1. The van der Waals surface area contributed by atoms with Crippen molar-refractivity contribution in [3.63, 3.8) is 0 Å². The number of ether oxygens (including phenoxy) is 1. The number of benzene rings is 1.